The summed E-state index contributed by atoms with van der Waals surface area (Å²) in [5.74, 6) is 0.249. The highest BCUT2D eigenvalue weighted by molar-refractivity contribution is 7.92. The molecule has 3 rings (SSSR count). The van der Waals surface area contributed by atoms with E-state index in [0.29, 0.717) is 17.1 Å². The third kappa shape index (κ3) is 5.86. The minimum Gasteiger partial charge on any atom is -0.491 e. The van der Waals surface area contributed by atoms with E-state index in [-0.39, 0.29) is 17.5 Å². The topological polar surface area (TPSA) is 75.7 Å². The van der Waals surface area contributed by atoms with Gasteiger partial charge in [0.1, 0.15) is 12.3 Å². The van der Waals surface area contributed by atoms with Gasteiger partial charge >= 0.3 is 0 Å². The van der Waals surface area contributed by atoms with Crippen molar-refractivity contribution in [1.82, 2.24) is 0 Å². The molecule has 0 aliphatic heterocycles. The van der Waals surface area contributed by atoms with Crippen LogP contribution in [0.2, 0.25) is 0 Å². The summed E-state index contributed by atoms with van der Waals surface area (Å²) in [6.45, 7) is 5.43. The van der Waals surface area contributed by atoms with Gasteiger partial charge in [0.05, 0.1) is 16.7 Å². The molecule has 0 bridgehead atoms. The number of sulfonamides is 1. The Labute approximate surface area is 183 Å². The van der Waals surface area contributed by atoms with Crippen LogP contribution in [0.4, 0.5) is 11.4 Å². The Balaban J connectivity index is 1.83. The summed E-state index contributed by atoms with van der Waals surface area (Å²) >= 11 is 0. The summed E-state index contributed by atoms with van der Waals surface area (Å²) < 4.78 is 33.3. The Morgan fingerprint density at radius 3 is 2.13 bits per heavy atom. The zero-order valence-electron chi connectivity index (χ0n) is 17.8. The second-order valence-corrected chi connectivity index (χ2v) is 9.26. The van der Waals surface area contributed by atoms with E-state index >= 15 is 0 Å². The molecule has 0 fully saturated rings. The van der Waals surface area contributed by atoms with Crippen molar-refractivity contribution >= 4 is 27.3 Å². The molecular formula is C24H26N2O4S. The number of ether oxygens (including phenoxy) is 1. The van der Waals surface area contributed by atoms with Crippen LogP contribution in [-0.4, -0.2) is 27.0 Å². The number of benzene rings is 3. The van der Waals surface area contributed by atoms with Crippen LogP contribution in [0.1, 0.15) is 19.4 Å². The summed E-state index contributed by atoms with van der Waals surface area (Å²) in [4.78, 5) is 12.9. The van der Waals surface area contributed by atoms with E-state index in [2.05, 4.69) is 5.32 Å². The molecule has 0 atom stereocenters. The fourth-order valence-corrected chi connectivity index (χ4v) is 4.41. The van der Waals surface area contributed by atoms with Crippen LogP contribution >= 0.6 is 0 Å². The van der Waals surface area contributed by atoms with Crippen molar-refractivity contribution in [1.29, 1.82) is 0 Å². The van der Waals surface area contributed by atoms with Crippen molar-refractivity contribution in [2.45, 2.75) is 31.8 Å². The average Bonchev–Trinajstić information content (AvgIpc) is 2.74. The van der Waals surface area contributed by atoms with Crippen LogP contribution in [0.3, 0.4) is 0 Å². The summed E-state index contributed by atoms with van der Waals surface area (Å²) in [7, 11) is -3.92. The third-order valence-corrected chi connectivity index (χ3v) is 6.24. The molecule has 0 aliphatic rings. The van der Waals surface area contributed by atoms with Crippen molar-refractivity contribution in [3.05, 3.63) is 84.4 Å². The second kappa shape index (κ2) is 9.66. The van der Waals surface area contributed by atoms with E-state index in [1.165, 1.54) is 12.1 Å². The van der Waals surface area contributed by atoms with Crippen molar-refractivity contribution in [2.24, 2.45) is 0 Å². The SMILES string of the molecule is Cc1ccc(N(CC(=O)Nc2ccc(OC(C)C)cc2)S(=O)(=O)c2ccccc2)cc1. The standard InChI is InChI=1S/C24H26N2O4S/c1-18(2)30-22-15-11-20(12-16-22)25-24(27)17-26(21-13-9-19(3)10-14-21)31(28,29)23-7-5-4-6-8-23/h4-16,18H,17H2,1-3H3,(H,25,27). The van der Waals surface area contributed by atoms with E-state index in [0.717, 1.165) is 9.87 Å². The van der Waals surface area contributed by atoms with Gasteiger partial charge in [-0.05, 0) is 69.3 Å². The summed E-state index contributed by atoms with van der Waals surface area (Å²) in [5, 5.41) is 2.76. The van der Waals surface area contributed by atoms with Crippen molar-refractivity contribution in [3.8, 4) is 5.75 Å². The molecule has 3 aromatic rings. The lowest BCUT2D eigenvalue weighted by atomic mass is 10.2. The normalized spacial score (nSPS) is 11.2. The molecule has 0 aliphatic carbocycles. The summed E-state index contributed by atoms with van der Waals surface area (Å²) in [5.41, 5.74) is 1.97. The predicted octanol–water partition coefficient (Wildman–Crippen LogP) is 4.62. The highest BCUT2D eigenvalue weighted by Gasteiger charge is 2.27. The first-order valence-corrected chi connectivity index (χ1v) is 11.4. The van der Waals surface area contributed by atoms with Crippen LogP contribution in [-0.2, 0) is 14.8 Å². The Hall–Kier alpha value is -3.32. The first-order valence-electron chi connectivity index (χ1n) is 9.97. The second-order valence-electron chi connectivity index (χ2n) is 7.40. The lowest BCUT2D eigenvalue weighted by Crippen LogP contribution is -2.38. The molecule has 1 N–H and O–H groups in total. The minimum atomic E-state index is -3.92. The number of aryl methyl sites for hydroxylation is 1. The maximum Gasteiger partial charge on any atom is 0.264 e. The van der Waals surface area contributed by atoms with E-state index < -0.39 is 15.9 Å². The zero-order valence-corrected chi connectivity index (χ0v) is 18.6. The van der Waals surface area contributed by atoms with Crippen LogP contribution in [0.25, 0.3) is 0 Å². The van der Waals surface area contributed by atoms with Gasteiger partial charge in [0, 0.05) is 5.69 Å². The highest BCUT2D eigenvalue weighted by atomic mass is 32.2. The lowest BCUT2D eigenvalue weighted by molar-refractivity contribution is -0.114. The van der Waals surface area contributed by atoms with E-state index in [4.69, 9.17) is 4.74 Å². The smallest absolute Gasteiger partial charge is 0.264 e. The van der Waals surface area contributed by atoms with Crippen LogP contribution in [0, 0.1) is 6.92 Å². The zero-order chi connectivity index (χ0) is 22.4. The summed E-state index contributed by atoms with van der Waals surface area (Å²) in [6, 6.07) is 22.1. The molecule has 162 valence electrons. The Morgan fingerprint density at radius 2 is 1.55 bits per heavy atom. The molecule has 7 heteroatoms. The van der Waals surface area contributed by atoms with E-state index in [9.17, 15) is 13.2 Å². The number of hydrogen-bond donors (Lipinski definition) is 1. The molecule has 0 heterocycles. The fraction of sp³-hybridized carbons (Fsp3) is 0.208. The number of nitrogens with zero attached hydrogens (tertiary/aromatic N) is 1. The highest BCUT2D eigenvalue weighted by Crippen LogP contribution is 2.24. The molecule has 3 aromatic carbocycles. The number of amides is 1. The van der Waals surface area contributed by atoms with Crippen LogP contribution in [0.15, 0.2) is 83.8 Å². The molecule has 0 saturated heterocycles. The number of rotatable bonds is 8. The van der Waals surface area contributed by atoms with Crippen LogP contribution < -0.4 is 14.4 Å². The van der Waals surface area contributed by atoms with Gasteiger partial charge in [0.15, 0.2) is 0 Å². The van der Waals surface area contributed by atoms with Gasteiger partial charge in [0.2, 0.25) is 5.91 Å². The van der Waals surface area contributed by atoms with Gasteiger partial charge in [-0.25, -0.2) is 8.42 Å². The molecular weight excluding hydrogens is 412 g/mol. The quantitative estimate of drug-likeness (QED) is 0.557. The third-order valence-electron chi connectivity index (χ3n) is 4.45. The number of anilines is 2. The van der Waals surface area contributed by atoms with Gasteiger partial charge in [-0.15, -0.1) is 0 Å². The minimum absolute atomic E-state index is 0.0479. The monoisotopic (exact) mass is 438 g/mol. The molecule has 0 saturated carbocycles. The molecule has 0 aromatic heterocycles. The number of hydrogen-bond acceptors (Lipinski definition) is 4. The van der Waals surface area contributed by atoms with Crippen molar-refractivity contribution < 1.29 is 17.9 Å². The molecule has 0 spiro atoms. The Morgan fingerprint density at radius 1 is 0.935 bits per heavy atom. The Bertz CT molecular complexity index is 1110. The number of carbonyl (C=O) groups excluding carboxylic acids is 1. The summed E-state index contributed by atoms with van der Waals surface area (Å²) in [6.07, 6.45) is 0.0479. The molecule has 1 amide bonds. The maximum absolute atomic E-state index is 13.3. The molecule has 31 heavy (non-hydrogen) atoms. The first-order chi connectivity index (χ1) is 14.8. The first kappa shape index (κ1) is 22.4. The van der Waals surface area contributed by atoms with E-state index in [1.807, 2.05) is 32.9 Å². The van der Waals surface area contributed by atoms with Gasteiger partial charge in [-0.2, -0.15) is 0 Å². The van der Waals surface area contributed by atoms with Gasteiger partial charge < -0.3 is 10.1 Å². The number of nitrogens with one attached hydrogen (secondary N) is 1. The maximum atomic E-state index is 13.3. The van der Waals surface area contributed by atoms with Gasteiger partial charge in [-0.3, -0.25) is 9.10 Å². The lowest BCUT2D eigenvalue weighted by Gasteiger charge is -2.24. The van der Waals surface area contributed by atoms with Crippen molar-refractivity contribution in [2.75, 3.05) is 16.2 Å². The van der Waals surface area contributed by atoms with Crippen molar-refractivity contribution in [3.63, 3.8) is 0 Å². The van der Waals surface area contributed by atoms with Gasteiger partial charge in [0.25, 0.3) is 10.0 Å². The average molecular weight is 439 g/mol. The molecule has 0 unspecified atom stereocenters. The van der Waals surface area contributed by atoms with Gasteiger partial charge in [-0.1, -0.05) is 35.9 Å². The Kier molecular flexibility index (Phi) is 6.97. The van der Waals surface area contributed by atoms with Crippen LogP contribution in [0.5, 0.6) is 5.75 Å². The molecule has 6 nitrogen and oxygen atoms in total. The fourth-order valence-electron chi connectivity index (χ4n) is 2.97. The van der Waals surface area contributed by atoms with E-state index in [1.54, 1.807) is 54.6 Å². The number of carbonyl (C=O) groups is 1. The largest absolute Gasteiger partial charge is 0.491 e. The molecule has 0 radical (unpaired) electrons. The predicted molar refractivity (Wildman–Crippen MR) is 123 cm³/mol.